The van der Waals surface area contributed by atoms with Gasteiger partial charge in [-0.15, -0.1) is 11.3 Å². The third-order valence-corrected chi connectivity index (χ3v) is 8.63. The van der Waals surface area contributed by atoms with Crippen LogP contribution in [0.4, 0.5) is 10.5 Å². The molecule has 0 saturated carbocycles. The van der Waals surface area contributed by atoms with Gasteiger partial charge in [-0.3, -0.25) is 0 Å². The number of rotatable bonds is 4. The van der Waals surface area contributed by atoms with Crippen LogP contribution < -0.4 is 10.1 Å². The summed E-state index contributed by atoms with van der Waals surface area (Å²) in [4.78, 5) is 19.7. The summed E-state index contributed by atoms with van der Waals surface area (Å²) in [5, 5.41) is 5.04. The predicted molar refractivity (Wildman–Crippen MR) is 149 cm³/mol. The number of nitrogens with zero attached hydrogens (tertiary/aromatic N) is 3. The molecule has 0 unspecified atom stereocenters. The number of benzene rings is 2. The number of halogens is 1. The minimum absolute atomic E-state index is 0.141. The van der Waals surface area contributed by atoms with Crippen LogP contribution in [-0.4, -0.2) is 40.6 Å². The summed E-state index contributed by atoms with van der Waals surface area (Å²) in [6.45, 7) is 5.06. The van der Waals surface area contributed by atoms with E-state index in [1.165, 1.54) is 21.0 Å². The summed E-state index contributed by atoms with van der Waals surface area (Å²) in [6.07, 6.45) is 3.12. The van der Waals surface area contributed by atoms with Gasteiger partial charge in [0.1, 0.15) is 10.8 Å². The molecule has 6 nitrogen and oxygen atoms in total. The van der Waals surface area contributed by atoms with Crippen molar-refractivity contribution in [3.63, 3.8) is 0 Å². The second kappa shape index (κ2) is 9.89. The Hall–Kier alpha value is -3.26. The highest BCUT2D eigenvalue weighted by Gasteiger charge is 2.36. The number of carbonyl (C=O) groups is 1. The Morgan fingerprint density at radius 2 is 1.86 bits per heavy atom. The first-order chi connectivity index (χ1) is 18.0. The molecular weight excluding hydrogens is 504 g/mol. The van der Waals surface area contributed by atoms with Gasteiger partial charge in [-0.25, -0.2) is 4.79 Å². The molecule has 0 bridgehead atoms. The number of nitrogens with one attached hydrogen (secondary N) is 1. The van der Waals surface area contributed by atoms with E-state index in [2.05, 4.69) is 40.2 Å². The smallest absolute Gasteiger partial charge is 0.322 e. The zero-order valence-electron chi connectivity index (χ0n) is 20.9. The molecule has 4 heterocycles. The largest absolute Gasteiger partial charge is 0.494 e. The molecule has 37 heavy (non-hydrogen) atoms. The number of thiophene rings is 1. The van der Waals surface area contributed by atoms with Crippen LogP contribution in [0.15, 0.2) is 66.9 Å². The van der Waals surface area contributed by atoms with Crippen LogP contribution in [0.25, 0.3) is 5.00 Å². The van der Waals surface area contributed by atoms with Gasteiger partial charge in [-0.1, -0.05) is 23.7 Å². The van der Waals surface area contributed by atoms with Gasteiger partial charge in [0, 0.05) is 40.4 Å². The fourth-order valence-electron chi connectivity index (χ4n) is 5.34. The van der Waals surface area contributed by atoms with Crippen LogP contribution in [0.5, 0.6) is 5.75 Å². The van der Waals surface area contributed by atoms with Crippen LogP contribution in [0.2, 0.25) is 5.02 Å². The second-order valence-electron chi connectivity index (χ2n) is 9.55. The molecule has 0 saturated heterocycles. The third kappa shape index (κ3) is 4.52. The standard InChI is InChI=1S/C29H29ClN4O2S/c1-3-36-22-12-10-21(11-13-22)31-29(35)34-17-24-23-14-16-32(2)18-26(23)37-28(24)33-15-4-5-25(33)27(34)19-6-8-20(30)9-7-19/h4-13,15,27H,3,14,16-18H2,1-2H3,(H,31,35)/t27-/m1/s1. The van der Waals surface area contributed by atoms with E-state index in [1.807, 2.05) is 71.7 Å². The first-order valence-corrected chi connectivity index (χ1v) is 13.8. The average molecular weight is 533 g/mol. The topological polar surface area (TPSA) is 49.7 Å². The van der Waals surface area contributed by atoms with Gasteiger partial charge < -0.3 is 24.4 Å². The first kappa shape index (κ1) is 24.1. The Kier molecular flexibility index (Phi) is 6.44. The van der Waals surface area contributed by atoms with Crippen molar-refractivity contribution in [2.75, 3.05) is 25.5 Å². The number of likely N-dealkylation sites (N-methyl/N-ethyl adjacent to an activating group) is 1. The number of ether oxygens (including phenoxy) is 1. The molecular formula is C29H29ClN4O2S. The zero-order chi connectivity index (χ0) is 25.5. The molecule has 2 aliphatic heterocycles. The van der Waals surface area contributed by atoms with E-state index in [-0.39, 0.29) is 12.1 Å². The number of hydrogen-bond acceptors (Lipinski definition) is 4. The van der Waals surface area contributed by atoms with Gasteiger partial charge in [0.15, 0.2) is 0 Å². The molecule has 2 aromatic carbocycles. The molecule has 2 amide bonds. The SMILES string of the molecule is CCOc1ccc(NC(=O)N2Cc3c(sc4c3CCN(C)C4)-n3cccc3[C@H]2c2ccc(Cl)cc2)cc1. The van der Waals surface area contributed by atoms with Crippen molar-refractivity contribution in [1.82, 2.24) is 14.4 Å². The third-order valence-electron chi connectivity index (χ3n) is 7.12. The molecule has 6 rings (SSSR count). The maximum Gasteiger partial charge on any atom is 0.322 e. The first-order valence-electron chi connectivity index (χ1n) is 12.6. The molecule has 1 atom stereocenters. The summed E-state index contributed by atoms with van der Waals surface area (Å²) >= 11 is 8.09. The molecule has 4 aromatic rings. The fourth-order valence-corrected chi connectivity index (χ4v) is 6.91. The van der Waals surface area contributed by atoms with Crippen molar-refractivity contribution in [1.29, 1.82) is 0 Å². The maximum absolute atomic E-state index is 14.0. The lowest BCUT2D eigenvalue weighted by Crippen LogP contribution is -2.38. The average Bonchev–Trinajstić information content (AvgIpc) is 3.47. The molecule has 1 N–H and O–H groups in total. The summed E-state index contributed by atoms with van der Waals surface area (Å²) in [7, 11) is 2.17. The molecule has 0 aliphatic carbocycles. The summed E-state index contributed by atoms with van der Waals surface area (Å²) < 4.78 is 7.84. The summed E-state index contributed by atoms with van der Waals surface area (Å²) in [5.74, 6) is 0.784. The second-order valence-corrected chi connectivity index (χ2v) is 11.1. The van der Waals surface area contributed by atoms with E-state index in [1.54, 1.807) is 0 Å². The Morgan fingerprint density at radius 3 is 2.62 bits per heavy atom. The molecule has 2 aliphatic rings. The van der Waals surface area contributed by atoms with Crippen LogP contribution in [0.3, 0.4) is 0 Å². The Labute approximate surface area is 226 Å². The molecule has 2 aromatic heterocycles. The maximum atomic E-state index is 14.0. The van der Waals surface area contributed by atoms with Crippen molar-refractivity contribution in [3.05, 3.63) is 99.1 Å². The molecule has 8 heteroatoms. The monoisotopic (exact) mass is 532 g/mol. The van der Waals surface area contributed by atoms with Crippen molar-refractivity contribution >= 4 is 34.7 Å². The highest BCUT2D eigenvalue weighted by molar-refractivity contribution is 7.15. The van der Waals surface area contributed by atoms with Gasteiger partial charge in [0.2, 0.25) is 0 Å². The summed E-state index contributed by atoms with van der Waals surface area (Å²) in [5.41, 5.74) is 5.47. The van der Waals surface area contributed by atoms with E-state index >= 15 is 0 Å². The van der Waals surface area contributed by atoms with Crippen molar-refractivity contribution < 1.29 is 9.53 Å². The lowest BCUT2D eigenvalue weighted by molar-refractivity contribution is 0.194. The van der Waals surface area contributed by atoms with E-state index in [9.17, 15) is 4.79 Å². The Bertz CT molecular complexity index is 1430. The number of anilines is 1. The number of hydrogen-bond donors (Lipinski definition) is 1. The predicted octanol–water partition coefficient (Wildman–Crippen LogP) is 6.72. The number of carbonyl (C=O) groups excluding carboxylic acids is 1. The van der Waals surface area contributed by atoms with Crippen molar-refractivity contribution in [2.45, 2.75) is 32.5 Å². The van der Waals surface area contributed by atoms with E-state index in [0.29, 0.717) is 18.2 Å². The molecule has 190 valence electrons. The Morgan fingerprint density at radius 1 is 1.08 bits per heavy atom. The summed E-state index contributed by atoms with van der Waals surface area (Å²) in [6, 6.07) is 19.1. The lowest BCUT2D eigenvalue weighted by atomic mass is 10.0. The van der Waals surface area contributed by atoms with E-state index in [4.69, 9.17) is 16.3 Å². The van der Waals surface area contributed by atoms with Crippen LogP contribution in [0, 0.1) is 0 Å². The lowest BCUT2D eigenvalue weighted by Gasteiger charge is -2.32. The minimum Gasteiger partial charge on any atom is -0.494 e. The van der Waals surface area contributed by atoms with Gasteiger partial charge in [0.25, 0.3) is 0 Å². The minimum atomic E-state index is -0.267. The number of fused-ring (bicyclic) bond motifs is 5. The van der Waals surface area contributed by atoms with E-state index in [0.717, 1.165) is 42.2 Å². The van der Waals surface area contributed by atoms with Crippen LogP contribution >= 0.6 is 22.9 Å². The normalized spacial score (nSPS) is 16.9. The van der Waals surface area contributed by atoms with Crippen LogP contribution in [0.1, 0.15) is 40.2 Å². The number of aromatic nitrogens is 1. The van der Waals surface area contributed by atoms with E-state index < -0.39 is 0 Å². The molecule has 0 fully saturated rings. The van der Waals surface area contributed by atoms with Gasteiger partial charge in [-0.2, -0.15) is 0 Å². The van der Waals surface area contributed by atoms with Crippen LogP contribution in [-0.2, 0) is 19.5 Å². The number of amides is 2. The Balaban J connectivity index is 1.43. The molecule has 0 spiro atoms. The zero-order valence-corrected chi connectivity index (χ0v) is 22.5. The van der Waals surface area contributed by atoms with Gasteiger partial charge >= 0.3 is 6.03 Å². The quantitative estimate of drug-likeness (QED) is 0.317. The van der Waals surface area contributed by atoms with Crippen molar-refractivity contribution in [2.24, 2.45) is 0 Å². The van der Waals surface area contributed by atoms with Gasteiger partial charge in [-0.05, 0) is 80.1 Å². The highest BCUT2D eigenvalue weighted by atomic mass is 35.5. The molecule has 0 radical (unpaired) electrons. The highest BCUT2D eigenvalue weighted by Crippen LogP contribution is 2.43. The number of urea groups is 1. The fraction of sp³-hybridized carbons (Fsp3) is 0.276. The van der Waals surface area contributed by atoms with Gasteiger partial charge in [0.05, 0.1) is 24.9 Å². The van der Waals surface area contributed by atoms with Crippen molar-refractivity contribution in [3.8, 4) is 10.8 Å².